The Bertz CT molecular complexity index is 351. The lowest BCUT2D eigenvalue weighted by Gasteiger charge is -2.24. The van der Waals surface area contributed by atoms with Crippen molar-refractivity contribution in [1.29, 1.82) is 0 Å². The zero-order valence-corrected chi connectivity index (χ0v) is 11.6. The van der Waals surface area contributed by atoms with Gasteiger partial charge in [0.05, 0.1) is 18.4 Å². The van der Waals surface area contributed by atoms with Crippen molar-refractivity contribution in [2.24, 2.45) is 5.41 Å². The molecule has 0 radical (unpaired) electrons. The summed E-state index contributed by atoms with van der Waals surface area (Å²) in [5.41, 5.74) is -0.853. The molecule has 1 rings (SSSR count). The second kappa shape index (κ2) is 7.52. The van der Waals surface area contributed by atoms with Gasteiger partial charge in [-0.1, -0.05) is 13.3 Å². The van der Waals surface area contributed by atoms with E-state index < -0.39 is 24.4 Å². The van der Waals surface area contributed by atoms with Gasteiger partial charge in [-0.2, -0.15) is 0 Å². The first-order valence-electron chi connectivity index (χ1n) is 6.78. The number of carbonyl (C=O) groups is 2. The van der Waals surface area contributed by atoms with Gasteiger partial charge >= 0.3 is 5.97 Å². The van der Waals surface area contributed by atoms with E-state index in [1.807, 2.05) is 6.92 Å². The number of likely N-dealkylation sites (tertiary alicyclic amines) is 1. The molecular formula is C13H21F2NO4. The number of carboxylic acid groups (broad SMARTS) is 1. The van der Waals surface area contributed by atoms with Crippen molar-refractivity contribution in [2.75, 3.05) is 26.3 Å². The van der Waals surface area contributed by atoms with Crippen molar-refractivity contribution in [3.05, 3.63) is 0 Å². The van der Waals surface area contributed by atoms with Gasteiger partial charge in [0.1, 0.15) is 6.61 Å². The Hall–Kier alpha value is -1.24. The number of alkyl halides is 2. The number of nitrogens with zero attached hydrogens (tertiary/aromatic N) is 1. The standard InChI is InChI=1S/C13H21F2NO4/c1-2-4-13(12(18)19)5-6-16(9-13)11(17)3-7-20-8-10(14)15/h10H,2-9H2,1H3,(H,18,19). The highest BCUT2D eigenvalue weighted by molar-refractivity contribution is 5.80. The molecule has 0 aromatic carbocycles. The van der Waals surface area contributed by atoms with E-state index in [2.05, 4.69) is 4.74 Å². The summed E-state index contributed by atoms with van der Waals surface area (Å²) < 4.78 is 28.4. The average molecular weight is 293 g/mol. The fourth-order valence-corrected chi connectivity index (χ4v) is 2.54. The molecule has 0 aromatic rings. The van der Waals surface area contributed by atoms with Crippen molar-refractivity contribution in [1.82, 2.24) is 4.90 Å². The number of carbonyl (C=O) groups excluding carboxylic acids is 1. The third kappa shape index (κ3) is 4.40. The van der Waals surface area contributed by atoms with E-state index in [-0.39, 0.29) is 25.5 Å². The second-order valence-electron chi connectivity index (χ2n) is 5.12. The van der Waals surface area contributed by atoms with Crippen LogP contribution in [0.15, 0.2) is 0 Å². The molecule has 0 aliphatic carbocycles. The normalized spacial score (nSPS) is 22.5. The smallest absolute Gasteiger partial charge is 0.311 e. The molecular weight excluding hydrogens is 272 g/mol. The lowest BCUT2D eigenvalue weighted by Crippen LogP contribution is -2.37. The summed E-state index contributed by atoms with van der Waals surface area (Å²) in [7, 11) is 0. The molecule has 0 spiro atoms. The van der Waals surface area contributed by atoms with Crippen LogP contribution in [0.5, 0.6) is 0 Å². The highest BCUT2D eigenvalue weighted by atomic mass is 19.3. The van der Waals surface area contributed by atoms with E-state index in [9.17, 15) is 23.5 Å². The maximum Gasteiger partial charge on any atom is 0.311 e. The number of halogens is 2. The molecule has 1 fully saturated rings. The molecule has 7 heteroatoms. The van der Waals surface area contributed by atoms with Gasteiger partial charge in [0.2, 0.25) is 5.91 Å². The van der Waals surface area contributed by atoms with Gasteiger partial charge in [-0.05, 0) is 12.8 Å². The predicted molar refractivity (Wildman–Crippen MR) is 67.6 cm³/mol. The van der Waals surface area contributed by atoms with Crippen molar-refractivity contribution >= 4 is 11.9 Å². The molecule has 1 atom stereocenters. The highest BCUT2D eigenvalue weighted by Crippen LogP contribution is 2.35. The Balaban J connectivity index is 2.42. The number of ether oxygens (including phenoxy) is 1. The maximum atomic E-state index is 11.9. The minimum absolute atomic E-state index is 0.00848. The Labute approximate surface area is 116 Å². The number of hydrogen-bond donors (Lipinski definition) is 1. The van der Waals surface area contributed by atoms with Crippen LogP contribution in [0.2, 0.25) is 0 Å². The summed E-state index contributed by atoms with van der Waals surface area (Å²) in [6, 6.07) is 0. The van der Waals surface area contributed by atoms with Crippen LogP contribution in [0.4, 0.5) is 8.78 Å². The van der Waals surface area contributed by atoms with Crippen LogP contribution in [0.1, 0.15) is 32.6 Å². The highest BCUT2D eigenvalue weighted by Gasteiger charge is 2.45. The van der Waals surface area contributed by atoms with E-state index in [4.69, 9.17) is 0 Å². The third-order valence-electron chi connectivity index (χ3n) is 3.59. The average Bonchev–Trinajstić information content (AvgIpc) is 2.80. The van der Waals surface area contributed by atoms with Gasteiger partial charge in [-0.25, -0.2) is 8.78 Å². The number of hydrogen-bond acceptors (Lipinski definition) is 3. The quantitative estimate of drug-likeness (QED) is 0.693. The van der Waals surface area contributed by atoms with E-state index >= 15 is 0 Å². The van der Waals surface area contributed by atoms with Gasteiger partial charge in [-0.15, -0.1) is 0 Å². The van der Waals surface area contributed by atoms with Gasteiger partial charge in [0.25, 0.3) is 6.43 Å². The van der Waals surface area contributed by atoms with E-state index in [1.54, 1.807) is 0 Å². The zero-order chi connectivity index (χ0) is 15.2. The number of carboxylic acids is 1. The molecule has 0 aromatic heterocycles. The topological polar surface area (TPSA) is 66.8 Å². The molecule has 20 heavy (non-hydrogen) atoms. The molecule has 0 bridgehead atoms. The lowest BCUT2D eigenvalue weighted by molar-refractivity contribution is -0.149. The predicted octanol–water partition coefficient (Wildman–Crippen LogP) is 1.76. The minimum atomic E-state index is -2.54. The summed E-state index contributed by atoms with van der Waals surface area (Å²) in [5.74, 6) is -1.11. The van der Waals surface area contributed by atoms with Gasteiger partial charge in [-0.3, -0.25) is 9.59 Å². The van der Waals surface area contributed by atoms with Crippen LogP contribution in [-0.2, 0) is 14.3 Å². The Morgan fingerprint density at radius 1 is 1.45 bits per heavy atom. The fraction of sp³-hybridized carbons (Fsp3) is 0.846. The third-order valence-corrected chi connectivity index (χ3v) is 3.59. The summed E-state index contributed by atoms with van der Waals surface area (Å²) in [6.45, 7) is 1.77. The molecule has 0 saturated carbocycles. The Morgan fingerprint density at radius 2 is 2.15 bits per heavy atom. The number of rotatable bonds is 8. The van der Waals surface area contributed by atoms with Crippen LogP contribution in [0.3, 0.4) is 0 Å². The zero-order valence-electron chi connectivity index (χ0n) is 11.6. The summed E-state index contributed by atoms with van der Waals surface area (Å²) in [6.07, 6.45) is -0.810. The van der Waals surface area contributed by atoms with Crippen LogP contribution in [-0.4, -0.2) is 54.6 Å². The lowest BCUT2D eigenvalue weighted by atomic mass is 9.83. The fourth-order valence-electron chi connectivity index (χ4n) is 2.54. The van der Waals surface area contributed by atoms with E-state index in [0.29, 0.717) is 19.4 Å². The van der Waals surface area contributed by atoms with Crippen molar-refractivity contribution in [3.8, 4) is 0 Å². The second-order valence-corrected chi connectivity index (χ2v) is 5.12. The van der Waals surface area contributed by atoms with Crippen LogP contribution in [0, 0.1) is 5.41 Å². The molecule has 5 nitrogen and oxygen atoms in total. The minimum Gasteiger partial charge on any atom is -0.481 e. The van der Waals surface area contributed by atoms with Crippen molar-refractivity contribution in [2.45, 2.75) is 39.0 Å². The van der Waals surface area contributed by atoms with Gasteiger partial charge in [0, 0.05) is 13.1 Å². The van der Waals surface area contributed by atoms with Gasteiger partial charge in [0.15, 0.2) is 0 Å². The van der Waals surface area contributed by atoms with Crippen molar-refractivity contribution < 1.29 is 28.2 Å². The maximum absolute atomic E-state index is 11.9. The first-order valence-corrected chi connectivity index (χ1v) is 6.78. The Morgan fingerprint density at radius 3 is 2.70 bits per heavy atom. The molecule has 1 saturated heterocycles. The van der Waals surface area contributed by atoms with E-state index in [0.717, 1.165) is 6.42 Å². The molecule has 1 aliphatic heterocycles. The van der Waals surface area contributed by atoms with Crippen molar-refractivity contribution in [3.63, 3.8) is 0 Å². The van der Waals surface area contributed by atoms with Gasteiger partial charge < -0.3 is 14.7 Å². The first-order chi connectivity index (χ1) is 9.41. The number of amides is 1. The van der Waals surface area contributed by atoms with Crippen LogP contribution in [0.25, 0.3) is 0 Å². The summed E-state index contributed by atoms with van der Waals surface area (Å²) >= 11 is 0. The Kier molecular flexibility index (Phi) is 6.32. The summed E-state index contributed by atoms with van der Waals surface area (Å²) in [4.78, 5) is 24.7. The van der Waals surface area contributed by atoms with Crippen LogP contribution < -0.4 is 0 Å². The monoisotopic (exact) mass is 293 g/mol. The molecule has 1 unspecified atom stereocenters. The molecule has 1 aliphatic rings. The molecule has 1 heterocycles. The van der Waals surface area contributed by atoms with E-state index in [1.165, 1.54) is 4.90 Å². The molecule has 1 N–H and O–H groups in total. The SMILES string of the molecule is CCCC1(C(=O)O)CCN(C(=O)CCOCC(F)F)C1. The first kappa shape index (κ1) is 16.8. The largest absolute Gasteiger partial charge is 0.481 e. The number of aliphatic carboxylic acids is 1. The van der Waals surface area contributed by atoms with Crippen LogP contribution >= 0.6 is 0 Å². The molecule has 1 amide bonds. The molecule has 116 valence electrons. The summed E-state index contributed by atoms with van der Waals surface area (Å²) in [5, 5.41) is 9.32.